The fourth-order valence-corrected chi connectivity index (χ4v) is 5.38. The molecule has 0 bridgehead atoms. The summed E-state index contributed by atoms with van der Waals surface area (Å²) in [5.41, 5.74) is 2.17. The predicted octanol–water partition coefficient (Wildman–Crippen LogP) is 5.83. The maximum Gasteiger partial charge on any atom is 0.328 e. The minimum absolute atomic E-state index is 0.0670. The molecule has 41 heavy (non-hydrogen) atoms. The molecule has 0 spiro atoms. The molecule has 1 aliphatic carbocycles. The second kappa shape index (κ2) is 13.0. The van der Waals surface area contributed by atoms with Gasteiger partial charge in [0.05, 0.1) is 19.1 Å². The van der Waals surface area contributed by atoms with Crippen molar-refractivity contribution >= 4 is 23.3 Å². The number of carbonyl (C=O) groups excluding carboxylic acids is 3. The Balaban J connectivity index is 1.35. The molecule has 0 unspecified atom stereocenters. The Kier molecular flexibility index (Phi) is 9.48. The van der Waals surface area contributed by atoms with Gasteiger partial charge in [-0.15, -0.1) is 0 Å². The van der Waals surface area contributed by atoms with Crippen LogP contribution in [-0.4, -0.2) is 44.0 Å². The van der Waals surface area contributed by atoms with Crippen molar-refractivity contribution in [2.75, 3.05) is 25.6 Å². The zero-order valence-electron chi connectivity index (χ0n) is 24.4. The van der Waals surface area contributed by atoms with Gasteiger partial charge >= 0.3 is 5.97 Å². The fraction of sp³-hybridized carbons (Fsp3) is 0.382. The molecule has 2 N–H and O–H groups in total. The number of ether oxygens (including phenoxy) is 2. The summed E-state index contributed by atoms with van der Waals surface area (Å²) in [4.78, 5) is 38.7. The SMILES string of the molecule is COC(=O)[C@H](Cc1ccc(OCCNC(=O)C2(C(C)(C)C)CCC2)cc1)Nc1ccccc1C(=O)c1ccccc1. The van der Waals surface area contributed by atoms with Crippen LogP contribution in [0.2, 0.25) is 0 Å². The zero-order chi connectivity index (χ0) is 29.5. The van der Waals surface area contributed by atoms with Gasteiger partial charge in [0.25, 0.3) is 0 Å². The van der Waals surface area contributed by atoms with Crippen LogP contribution < -0.4 is 15.4 Å². The molecule has 1 saturated carbocycles. The molecule has 0 saturated heterocycles. The van der Waals surface area contributed by atoms with Crippen LogP contribution in [0.15, 0.2) is 78.9 Å². The maximum absolute atomic E-state index is 13.1. The van der Waals surface area contributed by atoms with E-state index in [4.69, 9.17) is 9.47 Å². The zero-order valence-corrected chi connectivity index (χ0v) is 24.4. The first-order valence-electron chi connectivity index (χ1n) is 14.2. The highest BCUT2D eigenvalue weighted by atomic mass is 16.5. The Morgan fingerprint density at radius 2 is 1.56 bits per heavy atom. The van der Waals surface area contributed by atoms with E-state index in [-0.39, 0.29) is 22.5 Å². The summed E-state index contributed by atoms with van der Waals surface area (Å²) in [6.07, 6.45) is 3.31. The van der Waals surface area contributed by atoms with E-state index >= 15 is 0 Å². The molecule has 1 amide bonds. The van der Waals surface area contributed by atoms with Gasteiger partial charge in [0, 0.05) is 23.2 Å². The van der Waals surface area contributed by atoms with Gasteiger partial charge in [0.2, 0.25) is 5.91 Å². The van der Waals surface area contributed by atoms with Crippen molar-refractivity contribution in [2.45, 2.75) is 52.5 Å². The normalized spacial score (nSPS) is 14.7. The third kappa shape index (κ3) is 6.96. The van der Waals surface area contributed by atoms with Crippen molar-refractivity contribution in [1.29, 1.82) is 0 Å². The highest BCUT2D eigenvalue weighted by molar-refractivity contribution is 6.12. The molecular formula is C34H40N2O5. The third-order valence-electron chi connectivity index (χ3n) is 8.12. The van der Waals surface area contributed by atoms with E-state index in [0.29, 0.717) is 42.1 Å². The first kappa shape index (κ1) is 29.8. The number of carbonyl (C=O) groups is 3. The summed E-state index contributed by atoms with van der Waals surface area (Å²) >= 11 is 0. The lowest BCUT2D eigenvalue weighted by atomic mass is 9.54. The Morgan fingerprint density at radius 1 is 0.902 bits per heavy atom. The van der Waals surface area contributed by atoms with Crippen molar-refractivity contribution in [3.63, 3.8) is 0 Å². The smallest absolute Gasteiger partial charge is 0.328 e. The summed E-state index contributed by atoms with van der Waals surface area (Å²) in [6, 6.07) is 23.0. The second-order valence-corrected chi connectivity index (χ2v) is 11.6. The van der Waals surface area contributed by atoms with Gasteiger partial charge < -0.3 is 20.1 Å². The Hall–Kier alpha value is -4.13. The molecule has 0 heterocycles. The van der Waals surface area contributed by atoms with Gasteiger partial charge in [0.15, 0.2) is 5.78 Å². The number of rotatable bonds is 12. The maximum atomic E-state index is 13.1. The van der Waals surface area contributed by atoms with Crippen molar-refractivity contribution in [3.05, 3.63) is 95.6 Å². The minimum Gasteiger partial charge on any atom is -0.492 e. The lowest BCUT2D eigenvalue weighted by Gasteiger charge is -2.50. The average Bonchev–Trinajstić information content (AvgIpc) is 2.94. The van der Waals surface area contributed by atoms with E-state index in [1.165, 1.54) is 7.11 Å². The summed E-state index contributed by atoms with van der Waals surface area (Å²) in [7, 11) is 1.35. The van der Waals surface area contributed by atoms with Gasteiger partial charge in [-0.2, -0.15) is 0 Å². The van der Waals surface area contributed by atoms with Crippen LogP contribution in [0.4, 0.5) is 5.69 Å². The minimum atomic E-state index is -0.701. The molecule has 216 valence electrons. The number of amides is 1. The number of esters is 1. The van der Waals surface area contributed by atoms with E-state index in [0.717, 1.165) is 24.8 Å². The lowest BCUT2D eigenvalue weighted by molar-refractivity contribution is -0.146. The predicted molar refractivity (Wildman–Crippen MR) is 160 cm³/mol. The summed E-state index contributed by atoms with van der Waals surface area (Å²) in [6.45, 7) is 7.20. The van der Waals surface area contributed by atoms with Crippen LogP contribution in [0.3, 0.4) is 0 Å². The number of anilines is 1. The van der Waals surface area contributed by atoms with E-state index in [1.54, 1.807) is 30.3 Å². The molecule has 0 aliphatic heterocycles. The fourth-order valence-electron chi connectivity index (χ4n) is 5.38. The Bertz CT molecular complexity index is 1340. The molecule has 3 aromatic carbocycles. The molecule has 7 heteroatoms. The summed E-state index contributed by atoms with van der Waals surface area (Å²) < 4.78 is 10.9. The largest absolute Gasteiger partial charge is 0.492 e. The van der Waals surface area contributed by atoms with E-state index in [1.807, 2.05) is 48.5 Å². The number of benzene rings is 3. The number of methoxy groups -OCH3 is 1. The Morgan fingerprint density at radius 3 is 2.17 bits per heavy atom. The van der Waals surface area contributed by atoms with E-state index in [2.05, 4.69) is 31.4 Å². The number of nitrogens with one attached hydrogen (secondary N) is 2. The van der Waals surface area contributed by atoms with Crippen molar-refractivity contribution in [1.82, 2.24) is 5.32 Å². The van der Waals surface area contributed by atoms with Gasteiger partial charge in [-0.05, 0) is 48.1 Å². The van der Waals surface area contributed by atoms with Crippen LogP contribution in [0.25, 0.3) is 0 Å². The molecule has 4 rings (SSSR count). The second-order valence-electron chi connectivity index (χ2n) is 11.6. The van der Waals surface area contributed by atoms with Gasteiger partial charge in [-0.1, -0.05) is 81.8 Å². The lowest BCUT2D eigenvalue weighted by Crippen LogP contribution is -2.54. The van der Waals surface area contributed by atoms with Crippen molar-refractivity contribution in [2.24, 2.45) is 10.8 Å². The molecule has 1 aliphatic rings. The topological polar surface area (TPSA) is 93.7 Å². The first-order valence-corrected chi connectivity index (χ1v) is 14.2. The summed E-state index contributed by atoms with van der Waals surface area (Å²) in [5, 5.41) is 6.29. The molecule has 7 nitrogen and oxygen atoms in total. The van der Waals surface area contributed by atoms with E-state index < -0.39 is 12.0 Å². The van der Waals surface area contributed by atoms with Crippen LogP contribution in [0, 0.1) is 10.8 Å². The molecule has 3 aromatic rings. The monoisotopic (exact) mass is 556 g/mol. The first-order chi connectivity index (χ1) is 19.6. The van der Waals surface area contributed by atoms with E-state index in [9.17, 15) is 14.4 Å². The van der Waals surface area contributed by atoms with Crippen LogP contribution >= 0.6 is 0 Å². The number of hydrogen-bond donors (Lipinski definition) is 2. The standard InChI is InChI=1S/C34H40N2O5/c1-33(2,3)34(19-10-20-34)32(39)35-21-22-41-26-17-15-24(16-18-26)23-29(31(38)40-4)36-28-14-9-8-13-27(28)30(37)25-11-6-5-7-12-25/h5-9,11-18,29,36H,10,19-23H2,1-4H3,(H,35,39)/t29-/m0/s1. The Labute approximate surface area is 242 Å². The van der Waals surface area contributed by atoms with Crippen LogP contribution in [0.5, 0.6) is 5.75 Å². The van der Waals surface area contributed by atoms with Crippen LogP contribution in [-0.2, 0) is 20.7 Å². The number of para-hydroxylation sites is 1. The summed E-state index contributed by atoms with van der Waals surface area (Å²) in [5.74, 6) is 0.237. The molecule has 0 aromatic heterocycles. The van der Waals surface area contributed by atoms with Crippen LogP contribution in [0.1, 0.15) is 61.5 Å². The highest BCUT2D eigenvalue weighted by Crippen LogP contribution is 2.53. The highest BCUT2D eigenvalue weighted by Gasteiger charge is 2.52. The average molecular weight is 557 g/mol. The molecule has 0 radical (unpaired) electrons. The molecular weight excluding hydrogens is 516 g/mol. The molecule has 1 atom stereocenters. The number of hydrogen-bond acceptors (Lipinski definition) is 6. The third-order valence-corrected chi connectivity index (χ3v) is 8.12. The van der Waals surface area contributed by atoms with Crippen molar-refractivity contribution in [3.8, 4) is 5.75 Å². The number of ketones is 1. The molecule has 1 fully saturated rings. The van der Waals surface area contributed by atoms with Gasteiger partial charge in [-0.25, -0.2) is 4.79 Å². The van der Waals surface area contributed by atoms with Gasteiger partial charge in [0.1, 0.15) is 18.4 Å². The quantitative estimate of drug-likeness (QED) is 0.166. The van der Waals surface area contributed by atoms with Gasteiger partial charge in [-0.3, -0.25) is 9.59 Å². The van der Waals surface area contributed by atoms with Crippen molar-refractivity contribution < 1.29 is 23.9 Å².